The number of benzene rings is 1. The van der Waals surface area contributed by atoms with Crippen molar-refractivity contribution in [2.75, 3.05) is 19.8 Å². The molecule has 39 heavy (non-hydrogen) atoms. The summed E-state index contributed by atoms with van der Waals surface area (Å²) in [6.45, 7) is 9.13. The maximum atomic E-state index is 12.3. The number of hydrogen-bond acceptors (Lipinski definition) is 5. The standard InChI is InChI=1S/C33H40N2O4/c1-22-10-16-39-33(22)13-9-27-25-7-11-31(36)20-32(37-17-18-38-32)12-8-28(31)29(25)26(19-30(27,33)2)23-3-5-24(6-4-23)35-15-14-34-21-35/h3-6,14-15,21,25-27,36H,1,7-13,16-20H2,2H3/t25-,26+,27-,30-,31+,33-/m0/s1. The lowest BCUT2D eigenvalue weighted by atomic mass is 9.49. The second kappa shape index (κ2) is 8.39. The predicted octanol–water partition coefficient (Wildman–Crippen LogP) is 5.86. The molecule has 0 amide bonds. The fraction of sp³-hybridized carbons (Fsp3) is 0.606. The fourth-order valence-electron chi connectivity index (χ4n) is 10.1. The van der Waals surface area contributed by atoms with E-state index in [1.165, 1.54) is 28.7 Å². The quantitative estimate of drug-likeness (QED) is 0.495. The van der Waals surface area contributed by atoms with E-state index in [9.17, 15) is 5.11 Å². The lowest BCUT2D eigenvalue weighted by Crippen LogP contribution is -2.55. The molecule has 2 spiro atoms. The highest BCUT2D eigenvalue weighted by molar-refractivity contribution is 5.47. The normalized spacial score (nSPS) is 40.8. The predicted molar refractivity (Wildman–Crippen MR) is 147 cm³/mol. The Morgan fingerprint density at radius 2 is 1.82 bits per heavy atom. The SMILES string of the molecule is C=C1CCO[C@@]12CC[C@H]1[C@@H]3CC[C@@]4(O)CC5(CCC4=C3[C@@H](c3ccc(-n4ccnc4)cc3)C[C@@]12C)OCCO5. The molecule has 2 aliphatic heterocycles. The molecule has 6 nitrogen and oxygen atoms in total. The van der Waals surface area contributed by atoms with Crippen LogP contribution in [0.4, 0.5) is 0 Å². The number of imidazole rings is 1. The Kier molecular flexibility index (Phi) is 5.28. The van der Waals surface area contributed by atoms with Crippen molar-refractivity contribution in [3.63, 3.8) is 0 Å². The highest BCUT2D eigenvalue weighted by Gasteiger charge is 2.67. The van der Waals surface area contributed by atoms with E-state index in [1.54, 1.807) is 0 Å². The van der Waals surface area contributed by atoms with Crippen molar-refractivity contribution in [1.29, 1.82) is 0 Å². The Bertz CT molecular complexity index is 1330. The Labute approximate surface area is 231 Å². The Morgan fingerprint density at radius 1 is 1.00 bits per heavy atom. The Balaban J connectivity index is 1.25. The third-order valence-corrected chi connectivity index (χ3v) is 11.8. The molecule has 4 aliphatic carbocycles. The summed E-state index contributed by atoms with van der Waals surface area (Å²) in [5, 5.41) is 12.3. The van der Waals surface area contributed by atoms with Crippen molar-refractivity contribution < 1.29 is 19.3 Å². The van der Waals surface area contributed by atoms with E-state index in [4.69, 9.17) is 14.2 Å². The van der Waals surface area contributed by atoms with Crippen molar-refractivity contribution >= 4 is 0 Å². The smallest absolute Gasteiger partial charge is 0.171 e. The molecule has 0 bridgehead atoms. The van der Waals surface area contributed by atoms with Gasteiger partial charge in [0.15, 0.2) is 5.79 Å². The minimum atomic E-state index is -0.846. The lowest BCUT2D eigenvalue weighted by Gasteiger charge is -2.58. The molecule has 3 saturated carbocycles. The number of allylic oxidation sites excluding steroid dienone is 1. The van der Waals surface area contributed by atoms with Crippen molar-refractivity contribution in [2.24, 2.45) is 17.3 Å². The van der Waals surface area contributed by atoms with Crippen LogP contribution in [0.15, 0.2) is 66.3 Å². The minimum Gasteiger partial charge on any atom is -0.385 e. The third kappa shape index (κ3) is 3.32. The number of rotatable bonds is 2. The summed E-state index contributed by atoms with van der Waals surface area (Å²) in [6.07, 6.45) is 14.0. The molecular weight excluding hydrogens is 488 g/mol. The number of hydrogen-bond donors (Lipinski definition) is 1. The number of ether oxygens (including phenoxy) is 3. The van der Waals surface area contributed by atoms with E-state index in [-0.39, 0.29) is 16.9 Å². The highest BCUT2D eigenvalue weighted by atomic mass is 16.7. The maximum Gasteiger partial charge on any atom is 0.171 e. The zero-order valence-electron chi connectivity index (χ0n) is 23.0. The van der Waals surface area contributed by atoms with E-state index < -0.39 is 11.4 Å². The van der Waals surface area contributed by atoms with Gasteiger partial charge in [-0.25, -0.2) is 4.98 Å². The van der Waals surface area contributed by atoms with Gasteiger partial charge in [-0.15, -0.1) is 0 Å². The summed E-state index contributed by atoms with van der Waals surface area (Å²) in [4.78, 5) is 4.23. The molecule has 2 aromatic rings. The summed E-state index contributed by atoms with van der Waals surface area (Å²) < 4.78 is 21.0. The second-order valence-electron chi connectivity index (χ2n) is 13.3. The molecule has 3 heterocycles. The summed E-state index contributed by atoms with van der Waals surface area (Å²) in [5.41, 5.74) is 5.56. The molecule has 0 unspecified atom stereocenters. The van der Waals surface area contributed by atoms with Gasteiger partial charge < -0.3 is 23.9 Å². The van der Waals surface area contributed by atoms with E-state index >= 15 is 0 Å². The highest BCUT2D eigenvalue weighted by Crippen LogP contribution is 2.70. The van der Waals surface area contributed by atoms with Crippen molar-refractivity contribution in [3.05, 3.63) is 71.8 Å². The fourth-order valence-corrected chi connectivity index (χ4v) is 10.1. The van der Waals surface area contributed by atoms with Crippen LogP contribution in [0, 0.1) is 17.3 Å². The van der Waals surface area contributed by atoms with Crippen LogP contribution in [0.25, 0.3) is 5.69 Å². The number of fused-ring (bicyclic) bond motifs is 5. The van der Waals surface area contributed by atoms with Crippen LogP contribution in [0.2, 0.25) is 0 Å². The van der Waals surface area contributed by atoms with E-state index in [0.717, 1.165) is 57.2 Å². The minimum absolute atomic E-state index is 0.0337. The van der Waals surface area contributed by atoms with Gasteiger partial charge in [0, 0.05) is 42.3 Å². The average Bonchev–Trinajstić information content (AvgIpc) is 3.73. The van der Waals surface area contributed by atoms with E-state index in [1.807, 2.05) is 18.7 Å². The molecule has 8 rings (SSSR count). The number of aromatic nitrogens is 2. The molecule has 5 fully saturated rings. The van der Waals surface area contributed by atoms with Gasteiger partial charge in [0.2, 0.25) is 0 Å². The van der Waals surface area contributed by atoms with Crippen LogP contribution in [-0.2, 0) is 14.2 Å². The van der Waals surface area contributed by atoms with Crippen LogP contribution in [0.5, 0.6) is 0 Å². The van der Waals surface area contributed by atoms with Gasteiger partial charge in [-0.1, -0.05) is 31.2 Å². The van der Waals surface area contributed by atoms with Gasteiger partial charge >= 0.3 is 0 Å². The molecule has 0 radical (unpaired) electrons. The molecule has 6 aliphatic rings. The van der Waals surface area contributed by atoms with Gasteiger partial charge in [0.05, 0.1) is 37.4 Å². The van der Waals surface area contributed by atoms with Crippen LogP contribution in [0.1, 0.15) is 76.2 Å². The molecule has 206 valence electrons. The molecule has 1 aromatic heterocycles. The van der Waals surface area contributed by atoms with Crippen molar-refractivity contribution in [2.45, 2.75) is 87.6 Å². The first-order valence-electron chi connectivity index (χ1n) is 15.0. The second-order valence-corrected chi connectivity index (χ2v) is 13.3. The van der Waals surface area contributed by atoms with E-state index in [0.29, 0.717) is 31.5 Å². The van der Waals surface area contributed by atoms with Gasteiger partial charge in [-0.2, -0.15) is 0 Å². The lowest BCUT2D eigenvalue weighted by molar-refractivity contribution is -0.208. The first-order valence-corrected chi connectivity index (χ1v) is 15.0. The summed E-state index contributed by atoms with van der Waals surface area (Å²) in [7, 11) is 0. The zero-order chi connectivity index (χ0) is 26.5. The van der Waals surface area contributed by atoms with Crippen LogP contribution < -0.4 is 0 Å². The monoisotopic (exact) mass is 528 g/mol. The first kappa shape index (κ1) is 24.5. The zero-order valence-corrected chi connectivity index (χ0v) is 23.0. The summed E-state index contributed by atoms with van der Waals surface area (Å²) in [6, 6.07) is 9.04. The Hall–Kier alpha value is -2.25. The Morgan fingerprint density at radius 3 is 2.54 bits per heavy atom. The van der Waals surface area contributed by atoms with Gasteiger partial charge in [0.1, 0.15) is 0 Å². The largest absolute Gasteiger partial charge is 0.385 e. The van der Waals surface area contributed by atoms with Gasteiger partial charge in [0.25, 0.3) is 0 Å². The maximum absolute atomic E-state index is 12.3. The van der Waals surface area contributed by atoms with Crippen LogP contribution in [0.3, 0.4) is 0 Å². The summed E-state index contributed by atoms with van der Waals surface area (Å²) >= 11 is 0. The van der Waals surface area contributed by atoms with Crippen LogP contribution >= 0.6 is 0 Å². The molecule has 6 atom stereocenters. The van der Waals surface area contributed by atoms with Gasteiger partial charge in [-0.05, 0) is 85.6 Å². The topological polar surface area (TPSA) is 65.7 Å². The average molecular weight is 529 g/mol. The molecular formula is C33H40N2O4. The molecule has 1 N–H and O–H groups in total. The first-order chi connectivity index (χ1) is 18.9. The molecule has 1 aromatic carbocycles. The van der Waals surface area contributed by atoms with Crippen molar-refractivity contribution in [1.82, 2.24) is 9.55 Å². The number of nitrogens with zero attached hydrogens (tertiary/aromatic N) is 2. The summed E-state index contributed by atoms with van der Waals surface area (Å²) in [5.74, 6) is 0.661. The van der Waals surface area contributed by atoms with Crippen LogP contribution in [-0.4, -0.2) is 51.5 Å². The van der Waals surface area contributed by atoms with Crippen molar-refractivity contribution in [3.8, 4) is 5.69 Å². The third-order valence-electron chi connectivity index (χ3n) is 11.8. The number of aliphatic hydroxyl groups is 1. The molecule has 6 heteroatoms. The molecule has 2 saturated heterocycles. The van der Waals surface area contributed by atoms with Gasteiger partial charge in [-0.3, -0.25) is 0 Å². The van der Waals surface area contributed by atoms with E-state index in [2.05, 4.69) is 47.3 Å².